The van der Waals surface area contributed by atoms with Gasteiger partial charge < -0.3 is 5.11 Å². The molecule has 2 heterocycles. The summed E-state index contributed by atoms with van der Waals surface area (Å²) >= 11 is 0. The van der Waals surface area contributed by atoms with Crippen LogP contribution in [-0.4, -0.2) is 33.3 Å². The Hall–Kier alpha value is -0.720. The molecular formula is C29H46O5. The molecule has 4 aliphatic carbocycles. The highest BCUT2D eigenvalue weighted by atomic mass is 17.2. The summed E-state index contributed by atoms with van der Waals surface area (Å²) in [6, 6.07) is 0. The van der Waals surface area contributed by atoms with Gasteiger partial charge >= 0.3 is 0 Å². The van der Waals surface area contributed by atoms with Crippen molar-refractivity contribution in [1.29, 1.82) is 0 Å². The minimum Gasteiger partial charge on any atom is -0.393 e. The van der Waals surface area contributed by atoms with E-state index in [2.05, 4.69) is 53.3 Å². The van der Waals surface area contributed by atoms with Crippen molar-refractivity contribution < 1.29 is 25.0 Å². The van der Waals surface area contributed by atoms with Gasteiger partial charge in [0.15, 0.2) is 0 Å². The molecule has 34 heavy (non-hydrogen) atoms. The van der Waals surface area contributed by atoms with Crippen molar-refractivity contribution in [2.45, 2.75) is 115 Å². The lowest BCUT2D eigenvalue weighted by atomic mass is 9.42. The summed E-state index contributed by atoms with van der Waals surface area (Å²) in [4.78, 5) is 17.8. The van der Waals surface area contributed by atoms with E-state index in [1.54, 1.807) is 6.08 Å². The molecule has 4 fully saturated rings. The SMILES string of the molecule is C=C[C@@](CC[C@@H](C)[C@H]1CC[C@@H]2[C@]1(C)CC[C@H]1[C@@]23C=C[C@]2(C[C@@H](O)CC[C@]12C)OO3)(OO)C(C)C. The van der Waals surface area contributed by atoms with Gasteiger partial charge in [0.2, 0.25) is 0 Å². The summed E-state index contributed by atoms with van der Waals surface area (Å²) in [6.45, 7) is 15.4. The molecule has 0 radical (unpaired) electrons. The molecule has 0 unspecified atom stereocenters. The first-order valence-electron chi connectivity index (χ1n) is 13.7. The number of hydrogen-bond acceptors (Lipinski definition) is 5. The molecule has 2 spiro atoms. The zero-order chi connectivity index (χ0) is 24.6. The Morgan fingerprint density at radius 3 is 2.47 bits per heavy atom. The Bertz CT molecular complexity index is 840. The highest BCUT2D eigenvalue weighted by Gasteiger charge is 2.74. The lowest BCUT2D eigenvalue weighted by Crippen LogP contribution is -2.73. The summed E-state index contributed by atoms with van der Waals surface area (Å²) < 4.78 is 0. The van der Waals surface area contributed by atoms with Gasteiger partial charge in [0.1, 0.15) is 16.8 Å². The smallest absolute Gasteiger partial charge is 0.130 e. The van der Waals surface area contributed by atoms with Gasteiger partial charge in [0, 0.05) is 23.7 Å². The van der Waals surface area contributed by atoms with E-state index in [1.807, 2.05) is 0 Å². The van der Waals surface area contributed by atoms with Crippen molar-refractivity contribution in [2.24, 2.45) is 40.4 Å². The van der Waals surface area contributed by atoms with Gasteiger partial charge in [0.05, 0.1) is 6.10 Å². The van der Waals surface area contributed by atoms with Crippen LogP contribution >= 0.6 is 0 Å². The fourth-order valence-electron chi connectivity index (χ4n) is 9.54. The normalized spacial score (nSPS) is 49.8. The van der Waals surface area contributed by atoms with Crippen LogP contribution < -0.4 is 0 Å². The fourth-order valence-corrected chi connectivity index (χ4v) is 9.54. The molecule has 5 heteroatoms. The first-order chi connectivity index (χ1) is 16.0. The third-order valence-corrected chi connectivity index (χ3v) is 11.9. The Labute approximate surface area is 205 Å². The Morgan fingerprint density at radius 2 is 1.85 bits per heavy atom. The predicted octanol–water partition coefficient (Wildman–Crippen LogP) is 6.48. The number of aliphatic hydroxyl groups is 1. The van der Waals surface area contributed by atoms with E-state index in [1.165, 1.54) is 12.8 Å². The number of aliphatic hydroxyl groups excluding tert-OH is 1. The molecule has 3 saturated carbocycles. The van der Waals surface area contributed by atoms with E-state index in [-0.39, 0.29) is 28.5 Å². The van der Waals surface area contributed by atoms with Crippen molar-refractivity contribution in [3.05, 3.63) is 24.8 Å². The minimum atomic E-state index is -0.681. The van der Waals surface area contributed by atoms with Crippen LogP contribution in [0.1, 0.15) is 92.4 Å². The zero-order valence-corrected chi connectivity index (χ0v) is 21.9. The van der Waals surface area contributed by atoms with Crippen molar-refractivity contribution >= 4 is 0 Å². The summed E-state index contributed by atoms with van der Waals surface area (Å²) in [5, 5.41) is 20.1. The van der Waals surface area contributed by atoms with Crippen molar-refractivity contribution in [1.82, 2.24) is 0 Å². The molecular weight excluding hydrogens is 428 g/mol. The molecule has 5 nitrogen and oxygen atoms in total. The van der Waals surface area contributed by atoms with Gasteiger partial charge in [-0.1, -0.05) is 46.8 Å². The second-order valence-corrected chi connectivity index (χ2v) is 13.3. The van der Waals surface area contributed by atoms with Crippen LogP contribution in [-0.2, 0) is 14.7 Å². The maximum Gasteiger partial charge on any atom is 0.130 e. The first kappa shape index (κ1) is 25.0. The van der Waals surface area contributed by atoms with Gasteiger partial charge in [-0.25, -0.2) is 14.7 Å². The molecule has 0 aromatic heterocycles. The molecule has 6 aliphatic rings. The van der Waals surface area contributed by atoms with Crippen LogP contribution in [0.25, 0.3) is 0 Å². The standard InChI is InChI=1S/C29H46O5/c1-7-27(32-31,19(2)3)15-10-20(4)22-8-9-23-25(22,5)13-12-24-26(6)14-11-21(30)18-28(26)16-17-29(23,24)34-33-28/h7,16-17,19-24,30-31H,1,8-15,18H2,2-6H3/t20-,21+,22-,23-,24-,25-,26-,27+,28-,29-/m1/s1. The number of rotatable bonds is 7. The highest BCUT2D eigenvalue weighted by Crippen LogP contribution is 2.72. The van der Waals surface area contributed by atoms with Gasteiger partial charge in [-0.05, 0) is 80.6 Å². The van der Waals surface area contributed by atoms with E-state index in [0.717, 1.165) is 38.5 Å². The van der Waals surface area contributed by atoms with Crippen LogP contribution in [0.4, 0.5) is 0 Å². The summed E-state index contributed by atoms with van der Waals surface area (Å²) in [5.74, 6) is 2.17. The van der Waals surface area contributed by atoms with E-state index >= 15 is 0 Å². The van der Waals surface area contributed by atoms with Crippen LogP contribution in [0.5, 0.6) is 0 Å². The quantitative estimate of drug-likeness (QED) is 0.251. The van der Waals surface area contributed by atoms with E-state index in [9.17, 15) is 10.4 Å². The fraction of sp³-hybridized carbons (Fsp3) is 0.862. The summed E-state index contributed by atoms with van der Waals surface area (Å²) in [7, 11) is 0. The van der Waals surface area contributed by atoms with Crippen LogP contribution in [0.3, 0.4) is 0 Å². The molecule has 0 amide bonds. The molecule has 1 saturated heterocycles. The van der Waals surface area contributed by atoms with E-state index < -0.39 is 11.2 Å². The van der Waals surface area contributed by atoms with Crippen LogP contribution in [0.2, 0.25) is 0 Å². The molecule has 0 aromatic carbocycles. The summed E-state index contributed by atoms with van der Waals surface area (Å²) in [5.41, 5.74) is -1.30. The Kier molecular flexibility index (Phi) is 5.98. The van der Waals surface area contributed by atoms with Crippen molar-refractivity contribution in [3.8, 4) is 0 Å². The molecule has 10 atom stereocenters. The van der Waals surface area contributed by atoms with Gasteiger partial charge in [-0.3, -0.25) is 5.26 Å². The zero-order valence-electron chi connectivity index (χ0n) is 21.9. The van der Waals surface area contributed by atoms with Crippen molar-refractivity contribution in [3.63, 3.8) is 0 Å². The minimum absolute atomic E-state index is 0.0174. The highest BCUT2D eigenvalue weighted by molar-refractivity contribution is 5.33. The second-order valence-electron chi connectivity index (χ2n) is 13.3. The van der Waals surface area contributed by atoms with Gasteiger partial charge in [0.25, 0.3) is 0 Å². The maximum absolute atomic E-state index is 10.4. The topological polar surface area (TPSA) is 68.2 Å². The second kappa shape index (κ2) is 8.14. The molecule has 192 valence electrons. The van der Waals surface area contributed by atoms with Crippen LogP contribution in [0, 0.1) is 40.4 Å². The lowest BCUT2D eigenvalue weighted by Gasteiger charge is -2.69. The number of hydrogen-bond donors (Lipinski definition) is 2. The molecule has 2 N–H and O–H groups in total. The van der Waals surface area contributed by atoms with Gasteiger partial charge in [-0.15, -0.1) is 6.58 Å². The number of fused-ring (bicyclic) bond motifs is 2. The predicted molar refractivity (Wildman–Crippen MR) is 132 cm³/mol. The Balaban J connectivity index is 1.39. The maximum atomic E-state index is 10.4. The third-order valence-electron chi connectivity index (χ3n) is 11.9. The molecule has 6 rings (SSSR count). The van der Waals surface area contributed by atoms with E-state index in [0.29, 0.717) is 30.1 Å². The molecule has 0 aromatic rings. The van der Waals surface area contributed by atoms with Crippen molar-refractivity contribution in [2.75, 3.05) is 0 Å². The third kappa shape index (κ3) is 3.09. The van der Waals surface area contributed by atoms with Gasteiger partial charge in [-0.2, -0.15) is 0 Å². The Morgan fingerprint density at radius 1 is 1.09 bits per heavy atom. The monoisotopic (exact) mass is 474 g/mol. The van der Waals surface area contributed by atoms with E-state index in [4.69, 9.17) is 14.7 Å². The lowest BCUT2D eigenvalue weighted by molar-refractivity contribution is -0.497. The van der Waals surface area contributed by atoms with Crippen LogP contribution in [0.15, 0.2) is 24.8 Å². The largest absolute Gasteiger partial charge is 0.393 e. The average Bonchev–Trinajstić information content (AvgIpc) is 3.18. The first-order valence-corrected chi connectivity index (χ1v) is 13.7. The molecule has 2 bridgehead atoms. The molecule has 2 aliphatic heterocycles. The summed E-state index contributed by atoms with van der Waals surface area (Å²) in [6.07, 6.45) is 15.1. The average molecular weight is 475 g/mol.